The van der Waals surface area contributed by atoms with Gasteiger partial charge in [-0.05, 0) is 49.5 Å². The van der Waals surface area contributed by atoms with E-state index in [9.17, 15) is 19.2 Å². The minimum atomic E-state index is -1.18. The van der Waals surface area contributed by atoms with Gasteiger partial charge in [0.2, 0.25) is 0 Å². The molecule has 0 amide bonds. The Morgan fingerprint density at radius 3 is 2.75 bits per heavy atom. The first kappa shape index (κ1) is 19.3. The molecular weight excluding hydrogens is 360 g/mol. The van der Waals surface area contributed by atoms with Crippen LogP contribution in [0.3, 0.4) is 0 Å². The van der Waals surface area contributed by atoms with Crippen LogP contribution in [-0.4, -0.2) is 37.2 Å². The van der Waals surface area contributed by atoms with E-state index in [-0.39, 0.29) is 36.8 Å². The quantitative estimate of drug-likeness (QED) is 0.320. The third kappa shape index (κ3) is 2.32. The maximum absolute atomic E-state index is 13.2. The molecule has 4 rings (SSSR count). The maximum atomic E-state index is 13.2. The molecule has 0 radical (unpaired) electrons. The van der Waals surface area contributed by atoms with Crippen LogP contribution in [0.5, 0.6) is 0 Å². The zero-order chi connectivity index (χ0) is 20.3. The number of ketones is 1. The summed E-state index contributed by atoms with van der Waals surface area (Å²) < 4.78 is 11.0. The number of Topliss-reactive ketones (excluding diaryl/α,β-unsaturated/α-hetero) is 1. The fraction of sp³-hybridized carbons (Fsp3) is 0.727. The van der Waals surface area contributed by atoms with E-state index >= 15 is 0 Å². The second-order valence-electron chi connectivity index (χ2n) is 9.57. The lowest BCUT2D eigenvalue weighted by Gasteiger charge is -2.60. The molecule has 6 atom stereocenters. The summed E-state index contributed by atoms with van der Waals surface area (Å²) in [5.74, 6) is -1.62. The molecule has 0 aromatic carbocycles. The molecule has 3 saturated carbocycles. The van der Waals surface area contributed by atoms with Gasteiger partial charge in [-0.3, -0.25) is 14.4 Å². The summed E-state index contributed by atoms with van der Waals surface area (Å²) in [6.45, 7) is 7.61. The van der Waals surface area contributed by atoms with Crippen LogP contribution >= 0.6 is 0 Å². The molecular formula is C22H28O6. The molecule has 0 N–H and O–H groups in total. The second-order valence-corrected chi connectivity index (χ2v) is 9.57. The molecule has 152 valence electrons. The summed E-state index contributed by atoms with van der Waals surface area (Å²) in [7, 11) is 0. The number of fused-ring (bicyclic) bond motifs is 2. The number of allylic oxidation sites excluding steroid dienone is 1. The van der Waals surface area contributed by atoms with Crippen molar-refractivity contribution in [1.29, 1.82) is 0 Å². The van der Waals surface area contributed by atoms with E-state index in [0.29, 0.717) is 12.0 Å². The van der Waals surface area contributed by atoms with Gasteiger partial charge in [-0.2, -0.15) is 0 Å². The number of ether oxygens (including phenoxy) is 2. The van der Waals surface area contributed by atoms with Crippen molar-refractivity contribution >= 4 is 24.0 Å². The highest BCUT2D eigenvalue weighted by Crippen LogP contribution is 2.67. The van der Waals surface area contributed by atoms with E-state index in [1.54, 1.807) is 0 Å². The van der Waals surface area contributed by atoms with E-state index in [0.717, 1.165) is 38.4 Å². The first-order valence-electron chi connectivity index (χ1n) is 10.2. The number of aldehydes is 1. The van der Waals surface area contributed by atoms with Crippen LogP contribution in [0.15, 0.2) is 12.2 Å². The average Bonchev–Trinajstić information content (AvgIpc) is 2.85. The van der Waals surface area contributed by atoms with Gasteiger partial charge in [0.05, 0.1) is 13.2 Å². The van der Waals surface area contributed by atoms with Gasteiger partial charge in [0, 0.05) is 23.7 Å². The summed E-state index contributed by atoms with van der Waals surface area (Å²) in [6, 6.07) is 0. The fourth-order valence-electron chi connectivity index (χ4n) is 6.90. The molecule has 3 aliphatic carbocycles. The molecule has 1 saturated heterocycles. The molecule has 1 aliphatic heterocycles. The zero-order valence-electron chi connectivity index (χ0n) is 16.6. The van der Waals surface area contributed by atoms with Crippen LogP contribution in [0.25, 0.3) is 0 Å². The van der Waals surface area contributed by atoms with Gasteiger partial charge >= 0.3 is 11.9 Å². The first-order chi connectivity index (χ1) is 13.2. The minimum absolute atomic E-state index is 0.0390. The van der Waals surface area contributed by atoms with Crippen molar-refractivity contribution in [3.05, 3.63) is 12.2 Å². The minimum Gasteiger partial charge on any atom is -0.465 e. The van der Waals surface area contributed by atoms with E-state index in [1.807, 2.05) is 6.92 Å². The number of hydrogen-bond acceptors (Lipinski definition) is 6. The van der Waals surface area contributed by atoms with Crippen molar-refractivity contribution in [2.24, 2.45) is 34.0 Å². The van der Waals surface area contributed by atoms with Crippen LogP contribution in [0.2, 0.25) is 0 Å². The van der Waals surface area contributed by atoms with Gasteiger partial charge in [0.1, 0.15) is 11.7 Å². The normalized spacial score (nSPS) is 44.8. The Labute approximate surface area is 165 Å². The molecule has 6 heteroatoms. The fourth-order valence-corrected chi connectivity index (χ4v) is 6.90. The Hall–Kier alpha value is -1.98. The van der Waals surface area contributed by atoms with E-state index in [1.165, 1.54) is 6.92 Å². The van der Waals surface area contributed by atoms with Gasteiger partial charge in [-0.15, -0.1) is 0 Å². The molecule has 1 heterocycles. The number of rotatable bonds is 3. The summed E-state index contributed by atoms with van der Waals surface area (Å²) in [5.41, 5.74) is -1.77. The van der Waals surface area contributed by atoms with E-state index in [2.05, 4.69) is 6.58 Å². The first-order valence-corrected chi connectivity index (χ1v) is 10.2. The molecule has 0 aromatic heterocycles. The summed E-state index contributed by atoms with van der Waals surface area (Å²) >= 11 is 0. The molecule has 4 fully saturated rings. The third-order valence-electron chi connectivity index (χ3n) is 8.19. The Morgan fingerprint density at radius 1 is 1.32 bits per heavy atom. The Morgan fingerprint density at radius 2 is 2.07 bits per heavy atom. The highest BCUT2D eigenvalue weighted by Gasteiger charge is 2.72. The number of cyclic esters (lactones) is 1. The van der Waals surface area contributed by atoms with Gasteiger partial charge in [0.15, 0.2) is 5.78 Å². The Kier molecular flexibility index (Phi) is 4.32. The number of hydrogen-bond donors (Lipinski definition) is 0. The Bertz CT molecular complexity index is 771. The van der Waals surface area contributed by atoms with Crippen LogP contribution in [-0.2, 0) is 28.7 Å². The highest BCUT2D eigenvalue weighted by atomic mass is 16.5. The topological polar surface area (TPSA) is 86.7 Å². The predicted octanol–water partition coefficient (Wildman–Crippen LogP) is 2.64. The molecule has 4 aliphatic rings. The molecule has 2 spiro atoms. The standard InChI is InChI=1S/C22H28O6/c1-13-15-5-6-16-21(12-28-19(26)22(16,9-15)18(13)25)8-4-7-20(3,17(21)10-23)11-27-14(2)24/h10,15-17H,1,4-9,11-12H2,2-3H3/t15-,16+,17+,20-,21+,22+/m0/s1. The zero-order valence-corrected chi connectivity index (χ0v) is 16.6. The summed E-state index contributed by atoms with van der Waals surface area (Å²) in [4.78, 5) is 49.9. The third-order valence-corrected chi connectivity index (χ3v) is 8.19. The lowest BCUT2D eigenvalue weighted by molar-refractivity contribution is -0.214. The number of esters is 2. The lowest BCUT2D eigenvalue weighted by atomic mass is 9.45. The second kappa shape index (κ2) is 6.26. The van der Waals surface area contributed by atoms with Crippen LogP contribution in [0.1, 0.15) is 52.4 Å². The molecule has 28 heavy (non-hydrogen) atoms. The van der Waals surface area contributed by atoms with E-state index < -0.39 is 28.1 Å². The van der Waals surface area contributed by atoms with Crippen molar-refractivity contribution < 1.29 is 28.7 Å². The van der Waals surface area contributed by atoms with Gasteiger partial charge < -0.3 is 14.3 Å². The SMILES string of the molecule is C=C1C(=O)[C@@]23C[C@@H]1CC[C@@H]2[C@@]1(CCC[C@@](C)(COC(C)=O)[C@H]1C=O)COC3=O. The predicted molar refractivity (Wildman–Crippen MR) is 98.9 cm³/mol. The van der Waals surface area contributed by atoms with Crippen molar-refractivity contribution in [2.75, 3.05) is 13.2 Å². The largest absolute Gasteiger partial charge is 0.465 e. The van der Waals surface area contributed by atoms with E-state index in [4.69, 9.17) is 9.47 Å². The molecule has 2 bridgehead atoms. The maximum Gasteiger partial charge on any atom is 0.320 e. The summed E-state index contributed by atoms with van der Waals surface area (Å²) in [5, 5.41) is 0. The number of carbonyl (C=O) groups is 4. The van der Waals surface area contributed by atoms with Crippen LogP contribution in [0.4, 0.5) is 0 Å². The number of carbonyl (C=O) groups excluding carboxylic acids is 4. The van der Waals surface area contributed by atoms with Crippen molar-refractivity contribution in [3.8, 4) is 0 Å². The van der Waals surface area contributed by atoms with Gasteiger partial charge in [0.25, 0.3) is 0 Å². The smallest absolute Gasteiger partial charge is 0.320 e. The lowest BCUT2D eigenvalue weighted by Crippen LogP contribution is -2.64. The monoisotopic (exact) mass is 388 g/mol. The van der Waals surface area contributed by atoms with Crippen molar-refractivity contribution in [3.63, 3.8) is 0 Å². The Balaban J connectivity index is 1.78. The van der Waals surface area contributed by atoms with Crippen LogP contribution < -0.4 is 0 Å². The summed E-state index contributed by atoms with van der Waals surface area (Å²) in [6.07, 6.45) is 5.28. The van der Waals surface area contributed by atoms with Crippen LogP contribution in [0, 0.1) is 34.0 Å². The molecule has 0 unspecified atom stereocenters. The van der Waals surface area contributed by atoms with Gasteiger partial charge in [-0.1, -0.05) is 19.9 Å². The average molecular weight is 388 g/mol. The van der Waals surface area contributed by atoms with Crippen molar-refractivity contribution in [1.82, 2.24) is 0 Å². The highest BCUT2D eigenvalue weighted by molar-refractivity contribution is 6.15. The van der Waals surface area contributed by atoms with Gasteiger partial charge in [-0.25, -0.2) is 0 Å². The molecule has 0 aromatic rings. The van der Waals surface area contributed by atoms with Crippen molar-refractivity contribution in [2.45, 2.75) is 52.4 Å². The molecule has 6 nitrogen and oxygen atoms in total.